The Kier molecular flexibility index (Phi) is 2.99. The molecule has 0 aromatic carbocycles. The lowest BCUT2D eigenvalue weighted by Gasteiger charge is -2.63. The standard InChI is InChI=1S/C15H25N.ClH/c16-14-1-3-15(4-2-14)12-6-10-5-11(8-12)9-13(15)7-10;/h10-14H,1-9,16H2;1H/p-1. The Morgan fingerprint density at radius 2 is 1.24 bits per heavy atom. The third-order valence-electron chi connectivity index (χ3n) is 6.73. The summed E-state index contributed by atoms with van der Waals surface area (Å²) in [6.45, 7) is 0. The molecule has 2 N–H and O–H groups in total. The maximum Gasteiger partial charge on any atom is 0.00392 e. The summed E-state index contributed by atoms with van der Waals surface area (Å²) < 4.78 is 0. The van der Waals surface area contributed by atoms with Gasteiger partial charge in [0, 0.05) is 6.04 Å². The van der Waals surface area contributed by atoms with Crippen LogP contribution in [0, 0.1) is 29.1 Å². The number of rotatable bonds is 0. The van der Waals surface area contributed by atoms with Crippen LogP contribution in [0.2, 0.25) is 0 Å². The molecule has 5 rings (SSSR count). The van der Waals surface area contributed by atoms with Crippen LogP contribution in [-0.4, -0.2) is 6.04 Å². The van der Waals surface area contributed by atoms with Crippen molar-refractivity contribution in [2.24, 2.45) is 34.8 Å². The van der Waals surface area contributed by atoms with Gasteiger partial charge in [-0.25, -0.2) is 0 Å². The van der Waals surface area contributed by atoms with Crippen LogP contribution in [-0.2, 0) is 0 Å². The van der Waals surface area contributed by atoms with Crippen LogP contribution in [0.1, 0.15) is 57.8 Å². The van der Waals surface area contributed by atoms with E-state index in [1.807, 2.05) is 0 Å². The molecule has 5 saturated carbocycles. The van der Waals surface area contributed by atoms with E-state index in [0.29, 0.717) is 6.04 Å². The van der Waals surface area contributed by atoms with Gasteiger partial charge in [0.2, 0.25) is 0 Å². The molecular formula is C15H25ClN-. The van der Waals surface area contributed by atoms with Gasteiger partial charge in [-0.15, -0.1) is 0 Å². The van der Waals surface area contributed by atoms with Gasteiger partial charge in [0.1, 0.15) is 0 Å². The van der Waals surface area contributed by atoms with Gasteiger partial charge in [0.25, 0.3) is 0 Å². The van der Waals surface area contributed by atoms with E-state index in [-0.39, 0.29) is 12.4 Å². The molecule has 0 aromatic rings. The molecule has 1 spiro atoms. The molecule has 0 amide bonds. The highest BCUT2D eigenvalue weighted by molar-refractivity contribution is 5.07. The summed E-state index contributed by atoms with van der Waals surface area (Å²) in [6.07, 6.45) is 13.5. The molecule has 5 fully saturated rings. The monoisotopic (exact) mass is 254 g/mol. The van der Waals surface area contributed by atoms with Gasteiger partial charge >= 0.3 is 0 Å². The molecule has 4 bridgehead atoms. The molecule has 0 saturated heterocycles. The normalized spacial score (nSPS) is 55.9. The van der Waals surface area contributed by atoms with E-state index in [1.54, 1.807) is 32.1 Å². The van der Waals surface area contributed by atoms with Gasteiger partial charge in [-0.05, 0) is 86.9 Å². The largest absolute Gasteiger partial charge is 1.00 e. The second-order valence-electron chi connectivity index (χ2n) is 7.38. The van der Waals surface area contributed by atoms with E-state index in [0.717, 1.165) is 29.1 Å². The first-order valence-electron chi connectivity index (χ1n) is 7.52. The predicted molar refractivity (Wildman–Crippen MR) is 65.9 cm³/mol. The molecule has 17 heavy (non-hydrogen) atoms. The minimum absolute atomic E-state index is 0. The fourth-order valence-corrected chi connectivity index (χ4v) is 6.12. The highest BCUT2D eigenvalue weighted by Crippen LogP contribution is 2.66. The zero-order chi connectivity index (χ0) is 10.8. The van der Waals surface area contributed by atoms with Gasteiger partial charge in [0.15, 0.2) is 0 Å². The lowest BCUT2D eigenvalue weighted by molar-refractivity contribution is -0.128. The number of hydrogen-bond acceptors (Lipinski definition) is 1. The Bertz CT molecular complexity index is 263. The molecule has 0 heterocycles. The fraction of sp³-hybridized carbons (Fsp3) is 1.00. The van der Waals surface area contributed by atoms with Crippen molar-refractivity contribution >= 4 is 0 Å². The van der Waals surface area contributed by atoms with Crippen molar-refractivity contribution in [2.75, 3.05) is 0 Å². The van der Waals surface area contributed by atoms with E-state index < -0.39 is 0 Å². The summed E-state index contributed by atoms with van der Waals surface area (Å²) in [5.41, 5.74) is 6.89. The van der Waals surface area contributed by atoms with Crippen LogP contribution >= 0.6 is 0 Å². The topological polar surface area (TPSA) is 26.0 Å². The third-order valence-corrected chi connectivity index (χ3v) is 6.73. The molecule has 98 valence electrons. The second-order valence-corrected chi connectivity index (χ2v) is 7.38. The average molecular weight is 255 g/mol. The number of hydrogen-bond donors (Lipinski definition) is 1. The summed E-state index contributed by atoms with van der Waals surface area (Å²) in [5, 5.41) is 0. The fourth-order valence-electron chi connectivity index (χ4n) is 6.12. The van der Waals surface area contributed by atoms with E-state index in [4.69, 9.17) is 5.73 Å². The van der Waals surface area contributed by atoms with Crippen molar-refractivity contribution in [1.82, 2.24) is 0 Å². The number of halogens is 1. The first-order chi connectivity index (χ1) is 7.76. The van der Waals surface area contributed by atoms with Crippen molar-refractivity contribution in [3.8, 4) is 0 Å². The van der Waals surface area contributed by atoms with Crippen molar-refractivity contribution < 1.29 is 12.4 Å². The van der Waals surface area contributed by atoms with E-state index in [1.165, 1.54) is 25.7 Å². The molecule has 0 aliphatic heterocycles. The smallest absolute Gasteiger partial charge is 0.00392 e. The SMILES string of the molecule is NC1CCC2(CC1)C1CC3CC(C1)CC2C3.[Cl-]. The van der Waals surface area contributed by atoms with Gasteiger partial charge in [-0.2, -0.15) is 0 Å². The van der Waals surface area contributed by atoms with Gasteiger partial charge in [0.05, 0.1) is 0 Å². The van der Waals surface area contributed by atoms with Crippen LogP contribution in [0.25, 0.3) is 0 Å². The van der Waals surface area contributed by atoms with Crippen molar-refractivity contribution in [3.63, 3.8) is 0 Å². The highest BCUT2D eigenvalue weighted by atomic mass is 35.5. The molecule has 0 radical (unpaired) electrons. The summed E-state index contributed by atoms with van der Waals surface area (Å²) in [4.78, 5) is 0. The minimum Gasteiger partial charge on any atom is -1.00 e. The maximum absolute atomic E-state index is 6.11. The average Bonchev–Trinajstić information content (AvgIpc) is 2.27. The molecular weight excluding hydrogens is 230 g/mol. The van der Waals surface area contributed by atoms with Crippen molar-refractivity contribution in [2.45, 2.75) is 63.8 Å². The molecule has 0 atom stereocenters. The van der Waals surface area contributed by atoms with E-state index >= 15 is 0 Å². The molecule has 5 aliphatic rings. The zero-order valence-electron chi connectivity index (χ0n) is 10.7. The highest BCUT2D eigenvalue weighted by Gasteiger charge is 2.57. The Labute approximate surface area is 111 Å². The first-order valence-corrected chi connectivity index (χ1v) is 7.52. The van der Waals surface area contributed by atoms with Crippen LogP contribution in [0.3, 0.4) is 0 Å². The number of nitrogens with two attached hydrogens (primary N) is 1. The second kappa shape index (κ2) is 4.13. The van der Waals surface area contributed by atoms with Crippen LogP contribution in [0.15, 0.2) is 0 Å². The first kappa shape index (κ1) is 12.3. The lowest BCUT2D eigenvalue weighted by atomic mass is 9.42. The van der Waals surface area contributed by atoms with Crippen LogP contribution < -0.4 is 18.1 Å². The van der Waals surface area contributed by atoms with Crippen molar-refractivity contribution in [1.29, 1.82) is 0 Å². The molecule has 0 unspecified atom stereocenters. The lowest BCUT2D eigenvalue weighted by Crippen LogP contribution is -3.00. The quantitative estimate of drug-likeness (QED) is 0.663. The molecule has 0 aromatic heterocycles. The van der Waals surface area contributed by atoms with Gasteiger partial charge in [-0.1, -0.05) is 0 Å². The Balaban J connectivity index is 0.000000902. The molecule has 5 aliphatic carbocycles. The Morgan fingerprint density at radius 3 is 1.71 bits per heavy atom. The van der Waals surface area contributed by atoms with Gasteiger partial charge < -0.3 is 18.1 Å². The van der Waals surface area contributed by atoms with Gasteiger partial charge in [-0.3, -0.25) is 0 Å². The summed E-state index contributed by atoms with van der Waals surface area (Å²) >= 11 is 0. The third kappa shape index (κ3) is 1.69. The van der Waals surface area contributed by atoms with E-state index in [9.17, 15) is 0 Å². The minimum atomic E-state index is 0. The molecule has 2 heteroatoms. The Morgan fingerprint density at radius 1 is 0.765 bits per heavy atom. The zero-order valence-corrected chi connectivity index (χ0v) is 11.5. The Hall–Kier alpha value is 0.250. The molecule has 1 nitrogen and oxygen atoms in total. The van der Waals surface area contributed by atoms with Crippen molar-refractivity contribution in [3.05, 3.63) is 0 Å². The summed E-state index contributed by atoms with van der Waals surface area (Å²) in [7, 11) is 0. The van der Waals surface area contributed by atoms with Crippen LogP contribution in [0.4, 0.5) is 0 Å². The summed E-state index contributed by atoms with van der Waals surface area (Å²) in [6, 6.07) is 0.530. The van der Waals surface area contributed by atoms with E-state index in [2.05, 4.69) is 0 Å². The van der Waals surface area contributed by atoms with Crippen LogP contribution in [0.5, 0.6) is 0 Å². The summed E-state index contributed by atoms with van der Waals surface area (Å²) in [5.74, 6) is 4.47. The maximum atomic E-state index is 6.11. The predicted octanol–water partition coefficient (Wildman–Crippen LogP) is 0.334.